The summed E-state index contributed by atoms with van der Waals surface area (Å²) in [4.78, 5) is 42.2. The van der Waals surface area contributed by atoms with E-state index in [2.05, 4.69) is 4.98 Å². The van der Waals surface area contributed by atoms with Gasteiger partial charge in [-0.25, -0.2) is 23.0 Å². The number of aryl methyl sites for hydroxylation is 1. The summed E-state index contributed by atoms with van der Waals surface area (Å²) in [6.07, 6.45) is 0. The minimum absolute atomic E-state index is 0.0450. The van der Waals surface area contributed by atoms with Gasteiger partial charge >= 0.3 is 11.9 Å². The van der Waals surface area contributed by atoms with Gasteiger partial charge in [0.1, 0.15) is 5.69 Å². The number of aromatic nitrogens is 1. The van der Waals surface area contributed by atoms with E-state index >= 15 is 0 Å². The number of rotatable bonds is 7. The van der Waals surface area contributed by atoms with Crippen LogP contribution in [0.25, 0.3) is 0 Å². The molecular weight excluding hydrogens is 454 g/mol. The maximum Gasteiger partial charge on any atom is 0.374 e. The van der Waals surface area contributed by atoms with Gasteiger partial charge in [0.05, 0.1) is 24.5 Å². The van der Waals surface area contributed by atoms with Crippen molar-refractivity contribution in [2.24, 2.45) is 0 Å². The fraction of sp³-hybridized carbons (Fsp3) is 0.429. The average Bonchev–Trinajstić information content (AvgIpc) is 3.30. The summed E-state index contributed by atoms with van der Waals surface area (Å²) in [5, 5.41) is -0.364. The Morgan fingerprint density at radius 3 is 2.21 bits per heavy atom. The molecule has 3 rings (SSSR count). The predicted octanol–water partition coefficient (Wildman–Crippen LogP) is 1.48. The molecule has 0 N–H and O–H groups in total. The molecule has 0 unspecified atom stereocenters. The van der Waals surface area contributed by atoms with E-state index in [1.807, 2.05) is 0 Å². The maximum atomic E-state index is 12.8. The van der Waals surface area contributed by atoms with Crippen LogP contribution in [0, 0.1) is 6.92 Å². The van der Waals surface area contributed by atoms with Crippen molar-refractivity contribution in [2.45, 2.75) is 25.9 Å². The minimum Gasteiger partial charge on any atom is -0.462 e. The second-order valence-corrected chi connectivity index (χ2v) is 8.95. The fourth-order valence-electron chi connectivity index (χ4n) is 3.30. The number of hydrogen-bond acceptors (Lipinski definition) is 9. The number of piperazine rings is 1. The molecule has 1 saturated heterocycles. The number of pyridine rings is 1. The molecule has 178 valence electrons. The van der Waals surface area contributed by atoms with Gasteiger partial charge < -0.3 is 18.8 Å². The Morgan fingerprint density at radius 2 is 1.61 bits per heavy atom. The molecule has 0 spiro atoms. The Bertz CT molecular complexity index is 1150. The van der Waals surface area contributed by atoms with E-state index in [0.717, 1.165) is 0 Å². The van der Waals surface area contributed by atoms with Crippen LogP contribution >= 0.6 is 0 Å². The number of sulfonamides is 1. The molecule has 1 amide bonds. The van der Waals surface area contributed by atoms with Crippen molar-refractivity contribution in [2.75, 3.05) is 39.4 Å². The summed E-state index contributed by atoms with van der Waals surface area (Å²) in [5.41, 5.74) is 0.808. The highest BCUT2D eigenvalue weighted by atomic mass is 32.2. The van der Waals surface area contributed by atoms with Gasteiger partial charge in [-0.3, -0.25) is 4.79 Å². The standard InChI is InChI=1S/C21H25N3O8S/c1-4-30-20(26)15-6-7-16(22-14(15)3)19(25)23-10-12-24(13-11-23)33(28,29)18-9-8-17(32-18)21(27)31-5-2/h6-9H,4-5,10-13H2,1-3H3. The Kier molecular flexibility index (Phi) is 7.49. The van der Waals surface area contributed by atoms with Gasteiger partial charge in [-0.15, -0.1) is 0 Å². The van der Waals surface area contributed by atoms with Crippen molar-refractivity contribution in [1.82, 2.24) is 14.2 Å². The highest BCUT2D eigenvalue weighted by Gasteiger charge is 2.33. The second-order valence-electron chi connectivity index (χ2n) is 7.09. The van der Waals surface area contributed by atoms with Crippen LogP contribution in [-0.2, 0) is 19.5 Å². The van der Waals surface area contributed by atoms with E-state index in [9.17, 15) is 22.8 Å². The first-order valence-electron chi connectivity index (χ1n) is 10.4. The summed E-state index contributed by atoms with van der Waals surface area (Å²) >= 11 is 0. The molecule has 1 fully saturated rings. The molecule has 1 aliphatic rings. The van der Waals surface area contributed by atoms with Crippen LogP contribution in [0.15, 0.2) is 33.8 Å². The number of ether oxygens (including phenoxy) is 2. The molecule has 0 aromatic carbocycles. The Labute approximate surface area is 191 Å². The maximum absolute atomic E-state index is 12.8. The molecule has 1 aliphatic heterocycles. The first kappa shape index (κ1) is 24.4. The zero-order valence-corrected chi connectivity index (χ0v) is 19.4. The molecule has 2 aromatic heterocycles. The number of carbonyl (C=O) groups is 3. The number of furan rings is 1. The lowest BCUT2D eigenvalue weighted by atomic mass is 10.1. The van der Waals surface area contributed by atoms with Gasteiger partial charge in [-0.05, 0) is 45.0 Å². The molecular formula is C21H25N3O8S. The number of nitrogens with zero attached hydrogens (tertiary/aromatic N) is 3. The molecule has 33 heavy (non-hydrogen) atoms. The Hall–Kier alpha value is -3.25. The molecule has 0 atom stereocenters. The first-order chi connectivity index (χ1) is 15.7. The lowest BCUT2D eigenvalue weighted by Gasteiger charge is -2.33. The van der Waals surface area contributed by atoms with Crippen LogP contribution < -0.4 is 0 Å². The Balaban J connectivity index is 1.65. The molecule has 11 nitrogen and oxygen atoms in total. The van der Waals surface area contributed by atoms with Crippen LogP contribution in [0.2, 0.25) is 0 Å². The second kappa shape index (κ2) is 10.1. The van der Waals surface area contributed by atoms with E-state index in [1.54, 1.807) is 20.8 Å². The van der Waals surface area contributed by atoms with Gasteiger partial charge in [-0.1, -0.05) is 0 Å². The van der Waals surface area contributed by atoms with Crippen LogP contribution in [0.5, 0.6) is 0 Å². The van der Waals surface area contributed by atoms with Crippen molar-refractivity contribution in [3.63, 3.8) is 0 Å². The quantitative estimate of drug-likeness (QED) is 0.541. The van der Waals surface area contributed by atoms with E-state index < -0.39 is 22.0 Å². The predicted molar refractivity (Wildman–Crippen MR) is 114 cm³/mol. The summed E-state index contributed by atoms with van der Waals surface area (Å²) in [6.45, 7) is 5.68. The van der Waals surface area contributed by atoms with E-state index in [1.165, 1.54) is 33.5 Å². The normalized spacial score (nSPS) is 14.7. The van der Waals surface area contributed by atoms with E-state index in [4.69, 9.17) is 13.9 Å². The minimum atomic E-state index is -3.98. The van der Waals surface area contributed by atoms with Crippen LogP contribution in [0.1, 0.15) is 50.9 Å². The zero-order valence-electron chi connectivity index (χ0n) is 18.6. The van der Waals surface area contributed by atoms with Crippen LogP contribution in [0.3, 0.4) is 0 Å². The summed E-state index contributed by atoms with van der Waals surface area (Å²) in [5.74, 6) is -1.82. The highest BCUT2D eigenvalue weighted by Crippen LogP contribution is 2.21. The molecule has 2 aromatic rings. The molecule has 0 saturated carbocycles. The van der Waals surface area contributed by atoms with Gasteiger partial charge in [0.15, 0.2) is 0 Å². The number of amides is 1. The molecule has 0 bridgehead atoms. The lowest BCUT2D eigenvalue weighted by Crippen LogP contribution is -2.50. The van der Waals surface area contributed by atoms with Crippen LogP contribution in [-0.4, -0.2) is 79.8 Å². The van der Waals surface area contributed by atoms with Crippen molar-refractivity contribution >= 4 is 27.9 Å². The third kappa shape index (κ3) is 5.22. The number of carbonyl (C=O) groups excluding carboxylic acids is 3. The SMILES string of the molecule is CCOC(=O)c1ccc(S(=O)(=O)N2CCN(C(=O)c3ccc(C(=O)OCC)c(C)n3)CC2)o1. The Morgan fingerprint density at radius 1 is 0.970 bits per heavy atom. The topological polar surface area (TPSA) is 136 Å². The average molecular weight is 480 g/mol. The molecule has 0 radical (unpaired) electrons. The number of hydrogen-bond donors (Lipinski definition) is 0. The smallest absolute Gasteiger partial charge is 0.374 e. The zero-order chi connectivity index (χ0) is 24.2. The first-order valence-corrected chi connectivity index (χ1v) is 11.8. The fourth-order valence-corrected chi connectivity index (χ4v) is 4.63. The molecule has 3 heterocycles. The van der Waals surface area contributed by atoms with Crippen molar-refractivity contribution in [3.8, 4) is 0 Å². The summed E-state index contributed by atoms with van der Waals surface area (Å²) in [7, 11) is -3.98. The molecule has 12 heteroatoms. The van der Waals surface area contributed by atoms with Crippen molar-refractivity contribution < 1.29 is 36.7 Å². The van der Waals surface area contributed by atoms with Crippen molar-refractivity contribution in [1.29, 1.82) is 0 Å². The highest BCUT2D eigenvalue weighted by molar-refractivity contribution is 7.89. The third-order valence-electron chi connectivity index (χ3n) is 4.98. The summed E-state index contributed by atoms with van der Waals surface area (Å²) in [6, 6.07) is 5.40. The van der Waals surface area contributed by atoms with Crippen LogP contribution in [0.4, 0.5) is 0 Å². The summed E-state index contributed by atoms with van der Waals surface area (Å²) < 4.78 is 41.8. The largest absolute Gasteiger partial charge is 0.462 e. The lowest BCUT2D eigenvalue weighted by molar-refractivity contribution is 0.0481. The van der Waals surface area contributed by atoms with E-state index in [-0.39, 0.29) is 67.4 Å². The van der Waals surface area contributed by atoms with Gasteiger partial charge in [0, 0.05) is 26.2 Å². The monoisotopic (exact) mass is 479 g/mol. The van der Waals surface area contributed by atoms with E-state index in [0.29, 0.717) is 5.69 Å². The molecule has 0 aliphatic carbocycles. The van der Waals surface area contributed by atoms with Crippen molar-refractivity contribution in [3.05, 3.63) is 47.0 Å². The van der Waals surface area contributed by atoms with Gasteiger partial charge in [0.25, 0.3) is 15.9 Å². The third-order valence-corrected chi connectivity index (χ3v) is 6.75. The van der Waals surface area contributed by atoms with Gasteiger partial charge in [-0.2, -0.15) is 4.31 Å². The number of esters is 2. The van der Waals surface area contributed by atoms with Gasteiger partial charge in [0.2, 0.25) is 10.9 Å².